The number of aromatic nitrogens is 2. The Morgan fingerprint density at radius 2 is 2.16 bits per heavy atom. The summed E-state index contributed by atoms with van der Waals surface area (Å²) in [7, 11) is 3.28. The first-order chi connectivity index (χ1) is 9.08. The van der Waals surface area contributed by atoms with Crippen molar-refractivity contribution in [2.45, 2.75) is 19.5 Å². The molecule has 0 amide bonds. The van der Waals surface area contributed by atoms with Crippen LogP contribution >= 0.6 is 0 Å². The van der Waals surface area contributed by atoms with Gasteiger partial charge in [-0.1, -0.05) is 6.07 Å². The highest BCUT2D eigenvalue weighted by atomic mass is 16.5. The van der Waals surface area contributed by atoms with Crippen molar-refractivity contribution in [3.8, 4) is 5.75 Å². The minimum atomic E-state index is -0.409. The van der Waals surface area contributed by atoms with E-state index in [0.29, 0.717) is 23.2 Å². The highest BCUT2D eigenvalue weighted by molar-refractivity contribution is 5.83. The number of aromatic amines is 1. The second-order valence-corrected chi connectivity index (χ2v) is 4.42. The van der Waals surface area contributed by atoms with Crippen LogP contribution in [0.1, 0.15) is 6.92 Å². The topological polar surface area (TPSA) is 76.1 Å². The fraction of sp³-hybridized carbons (Fsp3) is 0.385. The Hall–Kier alpha value is -2.08. The Morgan fingerprint density at radius 3 is 2.79 bits per heavy atom. The van der Waals surface area contributed by atoms with Crippen molar-refractivity contribution in [3.05, 3.63) is 39.0 Å². The van der Waals surface area contributed by atoms with Gasteiger partial charge in [0.05, 0.1) is 12.6 Å². The van der Waals surface area contributed by atoms with Crippen LogP contribution in [0.2, 0.25) is 0 Å². The van der Waals surface area contributed by atoms with E-state index in [1.54, 1.807) is 25.2 Å². The lowest BCUT2D eigenvalue weighted by Crippen LogP contribution is -2.40. The van der Waals surface area contributed by atoms with Crippen LogP contribution in [0.4, 0.5) is 0 Å². The van der Waals surface area contributed by atoms with Crippen LogP contribution < -0.4 is 21.3 Å². The third-order valence-corrected chi connectivity index (χ3v) is 3.14. The Bertz CT molecular complexity index is 702. The third kappa shape index (κ3) is 2.39. The maximum atomic E-state index is 12.4. The second kappa shape index (κ2) is 5.27. The molecule has 102 valence electrons. The number of rotatable bonds is 4. The molecule has 19 heavy (non-hydrogen) atoms. The van der Waals surface area contributed by atoms with Gasteiger partial charge in [0.1, 0.15) is 11.1 Å². The van der Waals surface area contributed by atoms with Crippen LogP contribution in [-0.4, -0.2) is 29.8 Å². The number of nitrogens with one attached hydrogen (secondary N) is 2. The average molecular weight is 263 g/mol. The van der Waals surface area contributed by atoms with Crippen LogP contribution in [0.25, 0.3) is 10.9 Å². The SMILES string of the molecule is CNC(C)Cn1c(=O)[nH]c2cccc(OC)c2c1=O. The Balaban J connectivity index is 2.73. The quantitative estimate of drug-likeness (QED) is 0.832. The molecule has 0 saturated carbocycles. The van der Waals surface area contributed by atoms with E-state index in [9.17, 15) is 9.59 Å². The second-order valence-electron chi connectivity index (χ2n) is 4.42. The van der Waals surface area contributed by atoms with Gasteiger partial charge in [0.15, 0.2) is 0 Å². The number of benzene rings is 1. The van der Waals surface area contributed by atoms with Crippen molar-refractivity contribution >= 4 is 10.9 Å². The molecule has 0 aliphatic carbocycles. The summed E-state index contributed by atoms with van der Waals surface area (Å²) >= 11 is 0. The van der Waals surface area contributed by atoms with E-state index in [2.05, 4.69) is 10.3 Å². The molecule has 1 unspecified atom stereocenters. The molecule has 2 aromatic rings. The van der Waals surface area contributed by atoms with Crippen molar-refractivity contribution < 1.29 is 4.74 Å². The van der Waals surface area contributed by atoms with Crippen LogP contribution in [-0.2, 0) is 6.54 Å². The van der Waals surface area contributed by atoms with Crippen molar-refractivity contribution in [2.75, 3.05) is 14.2 Å². The Kier molecular flexibility index (Phi) is 3.71. The molecule has 0 bridgehead atoms. The van der Waals surface area contributed by atoms with Gasteiger partial charge in [-0.15, -0.1) is 0 Å². The molecule has 6 nitrogen and oxygen atoms in total. The first-order valence-electron chi connectivity index (χ1n) is 6.05. The number of methoxy groups -OCH3 is 1. The highest BCUT2D eigenvalue weighted by Crippen LogP contribution is 2.19. The van der Waals surface area contributed by atoms with Crippen molar-refractivity contribution in [2.24, 2.45) is 0 Å². The zero-order valence-electron chi connectivity index (χ0n) is 11.2. The van der Waals surface area contributed by atoms with Gasteiger partial charge in [0, 0.05) is 12.6 Å². The molecule has 2 rings (SSSR count). The maximum absolute atomic E-state index is 12.4. The first kappa shape index (κ1) is 13.4. The molecule has 0 radical (unpaired) electrons. The van der Waals surface area contributed by atoms with E-state index >= 15 is 0 Å². The van der Waals surface area contributed by atoms with Crippen LogP contribution in [0.15, 0.2) is 27.8 Å². The normalized spacial score (nSPS) is 12.6. The Morgan fingerprint density at radius 1 is 1.42 bits per heavy atom. The van der Waals surface area contributed by atoms with Gasteiger partial charge in [0.25, 0.3) is 5.56 Å². The van der Waals surface area contributed by atoms with E-state index in [1.807, 2.05) is 6.92 Å². The van der Waals surface area contributed by atoms with E-state index in [1.165, 1.54) is 11.7 Å². The molecular weight excluding hydrogens is 246 g/mol. The lowest BCUT2D eigenvalue weighted by molar-refractivity contribution is 0.418. The van der Waals surface area contributed by atoms with Crippen molar-refractivity contribution in [1.29, 1.82) is 0 Å². The van der Waals surface area contributed by atoms with Crippen LogP contribution in [0, 0.1) is 0 Å². The standard InChI is InChI=1S/C13H17N3O3/c1-8(14-2)7-16-12(17)11-9(15-13(16)18)5-4-6-10(11)19-3/h4-6,8,14H,7H2,1-3H3,(H,15,18). The molecule has 1 aromatic carbocycles. The van der Waals surface area contributed by atoms with Gasteiger partial charge >= 0.3 is 5.69 Å². The van der Waals surface area contributed by atoms with Gasteiger partial charge in [-0.25, -0.2) is 4.79 Å². The van der Waals surface area contributed by atoms with E-state index in [-0.39, 0.29) is 11.6 Å². The van der Waals surface area contributed by atoms with E-state index < -0.39 is 5.69 Å². The fourth-order valence-electron chi connectivity index (χ4n) is 1.97. The minimum Gasteiger partial charge on any atom is -0.496 e. The summed E-state index contributed by atoms with van der Waals surface area (Å²) in [5.74, 6) is 0.463. The van der Waals surface area contributed by atoms with Gasteiger partial charge in [-0.3, -0.25) is 9.36 Å². The molecule has 0 saturated heterocycles. The van der Waals surface area contributed by atoms with Gasteiger partial charge < -0.3 is 15.0 Å². The molecule has 1 aromatic heterocycles. The lowest BCUT2D eigenvalue weighted by atomic mass is 10.2. The molecule has 0 spiro atoms. The van der Waals surface area contributed by atoms with Crippen molar-refractivity contribution in [1.82, 2.24) is 14.9 Å². The molecule has 1 atom stereocenters. The molecule has 1 heterocycles. The molecule has 2 N–H and O–H groups in total. The summed E-state index contributed by atoms with van der Waals surface area (Å²) < 4.78 is 6.37. The number of likely N-dealkylation sites (N-methyl/N-ethyl adjacent to an activating group) is 1. The molecule has 6 heteroatoms. The smallest absolute Gasteiger partial charge is 0.328 e. The molecule has 0 fully saturated rings. The average Bonchev–Trinajstić information content (AvgIpc) is 2.42. The van der Waals surface area contributed by atoms with E-state index in [4.69, 9.17) is 4.74 Å². The monoisotopic (exact) mass is 263 g/mol. The van der Waals surface area contributed by atoms with Gasteiger partial charge in [0.2, 0.25) is 0 Å². The molecule has 0 aliphatic heterocycles. The first-order valence-corrected chi connectivity index (χ1v) is 6.05. The number of fused-ring (bicyclic) bond motifs is 1. The van der Waals surface area contributed by atoms with Crippen LogP contribution in [0.3, 0.4) is 0 Å². The number of hydrogen-bond acceptors (Lipinski definition) is 4. The predicted octanol–water partition coefficient (Wildman–Crippen LogP) is 0.306. The third-order valence-electron chi connectivity index (χ3n) is 3.14. The summed E-state index contributed by atoms with van der Waals surface area (Å²) in [4.78, 5) is 27.1. The maximum Gasteiger partial charge on any atom is 0.328 e. The van der Waals surface area contributed by atoms with Crippen LogP contribution in [0.5, 0.6) is 5.75 Å². The number of ether oxygens (including phenoxy) is 1. The Labute approximate surface area is 110 Å². The molecule has 0 aliphatic rings. The highest BCUT2D eigenvalue weighted by Gasteiger charge is 2.13. The number of hydrogen-bond donors (Lipinski definition) is 2. The summed E-state index contributed by atoms with van der Waals surface area (Å²) in [6.07, 6.45) is 0. The summed E-state index contributed by atoms with van der Waals surface area (Å²) in [5.41, 5.74) is -0.256. The summed E-state index contributed by atoms with van der Waals surface area (Å²) in [6.45, 7) is 2.21. The van der Waals surface area contributed by atoms with E-state index in [0.717, 1.165) is 0 Å². The number of nitrogens with zero attached hydrogens (tertiary/aromatic N) is 1. The largest absolute Gasteiger partial charge is 0.496 e. The zero-order chi connectivity index (χ0) is 14.0. The summed E-state index contributed by atoms with van der Waals surface area (Å²) in [5, 5.41) is 3.40. The lowest BCUT2D eigenvalue weighted by Gasteiger charge is -2.13. The molecular formula is C13H17N3O3. The van der Waals surface area contributed by atoms with Gasteiger partial charge in [-0.2, -0.15) is 0 Å². The fourth-order valence-corrected chi connectivity index (χ4v) is 1.97. The number of H-pyrrole nitrogens is 1. The minimum absolute atomic E-state index is 0.0194. The van der Waals surface area contributed by atoms with Crippen molar-refractivity contribution in [3.63, 3.8) is 0 Å². The summed E-state index contributed by atoms with van der Waals surface area (Å²) in [6, 6.07) is 5.14. The zero-order valence-corrected chi connectivity index (χ0v) is 11.2. The van der Waals surface area contributed by atoms with Gasteiger partial charge in [-0.05, 0) is 26.1 Å². The predicted molar refractivity (Wildman–Crippen MR) is 73.9 cm³/mol.